The summed E-state index contributed by atoms with van der Waals surface area (Å²) in [5.74, 6) is 0. The van der Waals surface area contributed by atoms with E-state index in [1.165, 1.54) is 0 Å². The van der Waals surface area contributed by atoms with Crippen molar-refractivity contribution in [3.8, 4) is 0 Å². The van der Waals surface area contributed by atoms with Crippen LogP contribution < -0.4 is 10.0 Å². The molecule has 0 aliphatic carbocycles. The van der Waals surface area contributed by atoms with Gasteiger partial charge in [-0.15, -0.1) is 0 Å². The van der Waals surface area contributed by atoms with Crippen LogP contribution in [0.2, 0.25) is 0 Å². The molecule has 0 atom stereocenters. The highest BCUT2D eigenvalue weighted by Crippen LogP contribution is 2.13. The number of hydrogen-bond donors (Lipinski definition) is 2. The first-order valence-corrected chi connectivity index (χ1v) is 8.39. The molecule has 0 saturated heterocycles. The van der Waals surface area contributed by atoms with E-state index < -0.39 is 10.0 Å². The van der Waals surface area contributed by atoms with Gasteiger partial charge in [0.25, 0.3) is 0 Å². The Labute approximate surface area is 121 Å². The van der Waals surface area contributed by atoms with Crippen LogP contribution in [-0.2, 0) is 14.8 Å². The molecule has 0 bridgehead atoms. The summed E-state index contributed by atoms with van der Waals surface area (Å²) < 4.78 is 31.8. The standard InChI is InChI=1S/C14H24N2O3S/c1-4-9-15-13-5-7-14(8-6-13)20(17,18)16-10-11-19-12(2)3/h5-8,12,15-16H,4,9-11H2,1-3H3. The third-order valence-corrected chi connectivity index (χ3v) is 4.07. The number of sulfonamides is 1. The zero-order chi connectivity index (χ0) is 15.0. The summed E-state index contributed by atoms with van der Waals surface area (Å²) in [4.78, 5) is 0.268. The lowest BCUT2D eigenvalue weighted by Gasteiger charge is -2.10. The van der Waals surface area contributed by atoms with Gasteiger partial charge >= 0.3 is 0 Å². The monoisotopic (exact) mass is 300 g/mol. The molecule has 0 aromatic heterocycles. The van der Waals surface area contributed by atoms with Crippen LogP contribution in [0, 0.1) is 0 Å². The number of nitrogens with one attached hydrogen (secondary N) is 2. The second kappa shape index (κ2) is 8.24. The second-order valence-corrected chi connectivity index (χ2v) is 6.54. The number of hydrogen-bond acceptors (Lipinski definition) is 4. The van der Waals surface area contributed by atoms with Gasteiger partial charge in [-0.3, -0.25) is 0 Å². The van der Waals surface area contributed by atoms with Gasteiger partial charge in [0.05, 0.1) is 17.6 Å². The van der Waals surface area contributed by atoms with Gasteiger partial charge in [0.15, 0.2) is 0 Å². The van der Waals surface area contributed by atoms with Crippen LogP contribution in [0.25, 0.3) is 0 Å². The van der Waals surface area contributed by atoms with Crippen molar-refractivity contribution in [3.05, 3.63) is 24.3 Å². The molecule has 0 unspecified atom stereocenters. The fourth-order valence-corrected chi connectivity index (χ4v) is 2.59. The van der Waals surface area contributed by atoms with Crippen LogP contribution >= 0.6 is 0 Å². The van der Waals surface area contributed by atoms with Gasteiger partial charge in [-0.25, -0.2) is 13.1 Å². The molecule has 1 aromatic rings. The predicted octanol–water partition coefficient (Wildman–Crippen LogP) is 2.21. The molecule has 0 amide bonds. The Kier molecular flexibility index (Phi) is 6.98. The van der Waals surface area contributed by atoms with Crippen LogP contribution in [0.15, 0.2) is 29.2 Å². The second-order valence-electron chi connectivity index (χ2n) is 4.77. The molecular formula is C14H24N2O3S. The fraction of sp³-hybridized carbons (Fsp3) is 0.571. The third-order valence-electron chi connectivity index (χ3n) is 2.59. The molecule has 114 valence electrons. The third kappa shape index (κ3) is 5.90. The first-order valence-electron chi connectivity index (χ1n) is 6.91. The first kappa shape index (κ1) is 16.9. The maximum atomic E-state index is 12.0. The van der Waals surface area contributed by atoms with Crippen molar-refractivity contribution in [2.75, 3.05) is 25.0 Å². The van der Waals surface area contributed by atoms with Gasteiger partial charge < -0.3 is 10.1 Å². The number of anilines is 1. The average molecular weight is 300 g/mol. The fourth-order valence-electron chi connectivity index (χ4n) is 1.58. The highest BCUT2D eigenvalue weighted by Gasteiger charge is 2.12. The van der Waals surface area contributed by atoms with Crippen molar-refractivity contribution < 1.29 is 13.2 Å². The largest absolute Gasteiger partial charge is 0.385 e. The van der Waals surface area contributed by atoms with E-state index in [-0.39, 0.29) is 17.5 Å². The Morgan fingerprint density at radius 3 is 2.35 bits per heavy atom. The van der Waals surface area contributed by atoms with E-state index in [1.54, 1.807) is 24.3 Å². The summed E-state index contributed by atoms with van der Waals surface area (Å²) >= 11 is 0. The Bertz CT molecular complexity index is 484. The Hall–Kier alpha value is -1.11. The molecule has 0 aliphatic heterocycles. The van der Waals surface area contributed by atoms with E-state index >= 15 is 0 Å². The van der Waals surface area contributed by atoms with Crippen molar-refractivity contribution in [2.24, 2.45) is 0 Å². The van der Waals surface area contributed by atoms with E-state index in [0.717, 1.165) is 18.7 Å². The molecule has 1 aromatic carbocycles. The molecule has 1 rings (SSSR count). The van der Waals surface area contributed by atoms with Crippen molar-refractivity contribution in [1.29, 1.82) is 0 Å². The van der Waals surface area contributed by atoms with Crippen LogP contribution in [0.1, 0.15) is 27.2 Å². The van der Waals surface area contributed by atoms with Gasteiger partial charge in [-0.05, 0) is 44.5 Å². The Morgan fingerprint density at radius 1 is 1.15 bits per heavy atom. The molecule has 0 aliphatic rings. The zero-order valence-corrected chi connectivity index (χ0v) is 13.2. The van der Waals surface area contributed by atoms with Crippen LogP contribution in [0.4, 0.5) is 5.69 Å². The molecule has 0 heterocycles. The topological polar surface area (TPSA) is 67.4 Å². The summed E-state index contributed by atoms with van der Waals surface area (Å²) in [6.45, 7) is 7.42. The lowest BCUT2D eigenvalue weighted by Crippen LogP contribution is -2.28. The van der Waals surface area contributed by atoms with E-state index in [9.17, 15) is 8.42 Å². The quantitative estimate of drug-likeness (QED) is 0.686. The Morgan fingerprint density at radius 2 is 1.80 bits per heavy atom. The summed E-state index contributed by atoms with van der Waals surface area (Å²) in [6.07, 6.45) is 1.13. The molecular weight excluding hydrogens is 276 g/mol. The van der Waals surface area contributed by atoms with Crippen molar-refractivity contribution in [3.63, 3.8) is 0 Å². The van der Waals surface area contributed by atoms with E-state index in [0.29, 0.717) is 6.61 Å². The smallest absolute Gasteiger partial charge is 0.240 e. The maximum absolute atomic E-state index is 12.0. The van der Waals surface area contributed by atoms with Gasteiger partial charge in [-0.2, -0.15) is 0 Å². The summed E-state index contributed by atoms with van der Waals surface area (Å²) in [5, 5.41) is 3.20. The average Bonchev–Trinajstić information content (AvgIpc) is 2.42. The lowest BCUT2D eigenvalue weighted by molar-refractivity contribution is 0.0834. The minimum atomic E-state index is -3.45. The van der Waals surface area contributed by atoms with Crippen LogP contribution in [0.5, 0.6) is 0 Å². The molecule has 2 N–H and O–H groups in total. The summed E-state index contributed by atoms with van der Waals surface area (Å²) in [5.41, 5.74) is 0.925. The molecule has 0 saturated carbocycles. The van der Waals surface area contributed by atoms with Gasteiger partial charge in [0.1, 0.15) is 0 Å². The highest BCUT2D eigenvalue weighted by atomic mass is 32.2. The zero-order valence-electron chi connectivity index (χ0n) is 12.3. The first-order chi connectivity index (χ1) is 9.45. The van der Waals surface area contributed by atoms with E-state index in [2.05, 4.69) is 17.0 Å². The predicted molar refractivity (Wildman–Crippen MR) is 81.5 cm³/mol. The molecule has 0 spiro atoms. The molecule has 20 heavy (non-hydrogen) atoms. The van der Waals surface area contributed by atoms with Gasteiger partial charge in [-0.1, -0.05) is 6.92 Å². The minimum absolute atomic E-state index is 0.100. The lowest BCUT2D eigenvalue weighted by atomic mass is 10.3. The van der Waals surface area contributed by atoms with Crippen LogP contribution in [-0.4, -0.2) is 34.2 Å². The molecule has 0 radical (unpaired) electrons. The SMILES string of the molecule is CCCNc1ccc(S(=O)(=O)NCCOC(C)C)cc1. The molecule has 0 fully saturated rings. The number of rotatable bonds is 9. The maximum Gasteiger partial charge on any atom is 0.240 e. The van der Waals surface area contributed by atoms with E-state index in [4.69, 9.17) is 4.74 Å². The van der Waals surface area contributed by atoms with Crippen molar-refractivity contribution >= 4 is 15.7 Å². The minimum Gasteiger partial charge on any atom is -0.385 e. The molecule has 5 nitrogen and oxygen atoms in total. The number of benzene rings is 1. The Balaban J connectivity index is 2.54. The normalized spacial score (nSPS) is 11.8. The van der Waals surface area contributed by atoms with Crippen molar-refractivity contribution in [2.45, 2.75) is 38.2 Å². The van der Waals surface area contributed by atoms with Crippen molar-refractivity contribution in [1.82, 2.24) is 4.72 Å². The highest BCUT2D eigenvalue weighted by molar-refractivity contribution is 7.89. The number of ether oxygens (including phenoxy) is 1. The van der Waals surface area contributed by atoms with Crippen LogP contribution in [0.3, 0.4) is 0 Å². The van der Waals surface area contributed by atoms with E-state index in [1.807, 2.05) is 13.8 Å². The summed E-state index contributed by atoms with van der Waals surface area (Å²) in [7, 11) is -3.45. The van der Waals surface area contributed by atoms with Gasteiger partial charge in [0.2, 0.25) is 10.0 Å². The molecule has 6 heteroatoms. The van der Waals surface area contributed by atoms with Gasteiger partial charge in [0, 0.05) is 18.8 Å². The summed E-state index contributed by atoms with van der Waals surface area (Å²) in [6, 6.07) is 6.75.